The van der Waals surface area contributed by atoms with Crippen LogP contribution in [0, 0.1) is 17.7 Å². The number of hydrogen-bond acceptors (Lipinski definition) is 6. The fourth-order valence-electron chi connectivity index (χ4n) is 4.47. The molecule has 0 saturated carbocycles. The van der Waals surface area contributed by atoms with E-state index in [1.165, 1.54) is 59.4 Å². The summed E-state index contributed by atoms with van der Waals surface area (Å²) in [7, 11) is 3.81. The zero-order valence-corrected chi connectivity index (χ0v) is 24.7. The number of aromatic nitrogens is 3. The first-order valence-corrected chi connectivity index (χ1v) is 13.6. The predicted octanol–water partition coefficient (Wildman–Crippen LogP) is 4.59. The monoisotopic (exact) mass is 655 g/mol. The summed E-state index contributed by atoms with van der Waals surface area (Å²) in [6, 6.07) is 8.26. The average molecular weight is 656 g/mol. The molecule has 0 saturated heterocycles. The number of primary amides is 1. The Hall–Kier alpha value is -5.75. The van der Waals surface area contributed by atoms with Gasteiger partial charge < -0.3 is 20.6 Å². The smallest absolute Gasteiger partial charge is 0.475 e. The number of aromatic amines is 1. The van der Waals surface area contributed by atoms with Gasteiger partial charge in [-0.1, -0.05) is 24.0 Å². The minimum atomic E-state index is -5.08. The van der Waals surface area contributed by atoms with Gasteiger partial charge in [0.05, 0.1) is 17.5 Å². The number of H-pyrrole nitrogens is 1. The summed E-state index contributed by atoms with van der Waals surface area (Å²) in [6.07, 6.45) is 3.55. The van der Waals surface area contributed by atoms with Crippen LogP contribution >= 0.6 is 0 Å². The van der Waals surface area contributed by atoms with Crippen molar-refractivity contribution in [3.63, 3.8) is 0 Å². The molecule has 4 N–H and O–H groups in total. The van der Waals surface area contributed by atoms with Crippen LogP contribution in [0.15, 0.2) is 78.0 Å². The Morgan fingerprint density at radius 1 is 1.19 bits per heavy atom. The second-order valence-corrected chi connectivity index (χ2v) is 10.3. The molecule has 5 rings (SSSR count). The molecule has 15 heteroatoms. The molecule has 0 bridgehead atoms. The van der Waals surface area contributed by atoms with Gasteiger partial charge in [-0.05, 0) is 67.7 Å². The lowest BCUT2D eigenvalue weighted by molar-refractivity contribution is -0.192. The summed E-state index contributed by atoms with van der Waals surface area (Å²) in [5.41, 5.74) is 6.55. The van der Waals surface area contributed by atoms with Crippen molar-refractivity contribution in [2.24, 2.45) is 5.73 Å². The first-order valence-electron chi connectivity index (χ1n) is 13.6. The summed E-state index contributed by atoms with van der Waals surface area (Å²) in [5.74, 6) is -0.163. The molecule has 1 aliphatic rings. The van der Waals surface area contributed by atoms with E-state index < -0.39 is 35.3 Å². The van der Waals surface area contributed by atoms with Gasteiger partial charge in [0, 0.05) is 30.7 Å². The van der Waals surface area contributed by atoms with E-state index in [0.29, 0.717) is 34.4 Å². The second kappa shape index (κ2) is 13.7. The Morgan fingerprint density at radius 3 is 2.49 bits per heavy atom. The third-order valence-electron chi connectivity index (χ3n) is 6.54. The van der Waals surface area contributed by atoms with Gasteiger partial charge >= 0.3 is 12.1 Å². The van der Waals surface area contributed by atoms with Crippen molar-refractivity contribution in [1.29, 1.82) is 0 Å². The van der Waals surface area contributed by atoms with E-state index in [9.17, 15) is 27.2 Å². The maximum atomic E-state index is 16.3. The molecular weight excluding hydrogens is 629 g/mol. The van der Waals surface area contributed by atoms with Gasteiger partial charge in [-0.25, -0.2) is 14.2 Å². The molecule has 10 nitrogen and oxygen atoms in total. The molecule has 3 heterocycles. The number of alkyl halides is 4. The van der Waals surface area contributed by atoms with Crippen LogP contribution in [-0.4, -0.2) is 69.1 Å². The maximum absolute atomic E-state index is 16.3. The van der Waals surface area contributed by atoms with Crippen molar-refractivity contribution in [2.75, 3.05) is 20.6 Å². The molecule has 0 radical (unpaired) electrons. The highest BCUT2D eigenvalue weighted by Crippen LogP contribution is 2.38. The number of ether oxygens (including phenoxy) is 1. The Kier molecular flexibility index (Phi) is 9.96. The normalized spacial score (nSPS) is 15.7. The molecule has 1 atom stereocenters. The SMILES string of the molecule is CN(C)CC#Cc1c[nH]c2nccc(OC3(F)C=CC=C(c4ccn(-c5ccc(F)cc5)c(=O)c4C(N)=O)C3)c12.O=C(O)C(F)(F)F. The van der Waals surface area contributed by atoms with E-state index in [4.69, 9.17) is 20.4 Å². The fraction of sp³-hybridized carbons (Fsp3) is 0.188. The third-order valence-corrected chi connectivity index (χ3v) is 6.54. The maximum Gasteiger partial charge on any atom is 0.490 e. The summed E-state index contributed by atoms with van der Waals surface area (Å²) in [6.45, 7) is 0.537. The number of nitrogens with zero attached hydrogens (tertiary/aromatic N) is 3. The number of rotatable bonds is 6. The lowest BCUT2D eigenvalue weighted by atomic mass is 9.91. The number of fused-ring (bicyclic) bond motifs is 1. The van der Waals surface area contributed by atoms with Crippen LogP contribution < -0.4 is 16.0 Å². The molecule has 0 fully saturated rings. The zero-order valence-electron chi connectivity index (χ0n) is 24.7. The summed E-state index contributed by atoms with van der Waals surface area (Å²) in [5, 5.41) is 7.66. The standard InChI is InChI=1S/C30H25F2N5O3.C2HF3O2/c1-36(2)15-4-6-20-18-35-28-25(20)24(11-14-34-28)40-30(32)13-3-5-19(17-30)23-12-16-37(29(39)26(23)27(33)38)22-9-7-21(31)8-10-22;3-2(4,5)1(6)7/h3,5,7-14,16,18H,15,17H2,1-2H3,(H2,33,38)(H,34,35);(H,6,7). The van der Waals surface area contributed by atoms with E-state index in [1.807, 2.05) is 19.0 Å². The van der Waals surface area contributed by atoms with Crippen LogP contribution in [0.4, 0.5) is 22.0 Å². The van der Waals surface area contributed by atoms with Gasteiger partial charge in [0.25, 0.3) is 17.3 Å². The Balaban J connectivity index is 0.000000644. The molecule has 1 amide bonds. The Morgan fingerprint density at radius 2 is 1.87 bits per heavy atom. The van der Waals surface area contributed by atoms with Crippen molar-refractivity contribution in [2.45, 2.75) is 18.5 Å². The highest BCUT2D eigenvalue weighted by Gasteiger charge is 2.38. The van der Waals surface area contributed by atoms with Crippen molar-refractivity contribution < 1.29 is 41.4 Å². The van der Waals surface area contributed by atoms with Crippen molar-refractivity contribution >= 4 is 28.5 Å². The number of allylic oxidation sites excluding steroid dienone is 2. The topological polar surface area (TPSA) is 144 Å². The minimum Gasteiger partial charge on any atom is -0.475 e. The third kappa shape index (κ3) is 8.10. The van der Waals surface area contributed by atoms with Crippen LogP contribution in [0.3, 0.4) is 0 Å². The van der Waals surface area contributed by atoms with Crippen LogP contribution in [-0.2, 0) is 4.79 Å². The predicted molar refractivity (Wildman–Crippen MR) is 162 cm³/mol. The fourth-order valence-corrected chi connectivity index (χ4v) is 4.47. The highest BCUT2D eigenvalue weighted by atomic mass is 19.4. The average Bonchev–Trinajstić information content (AvgIpc) is 3.41. The Bertz CT molecular complexity index is 2000. The number of nitrogens with one attached hydrogen (secondary N) is 1. The van der Waals surface area contributed by atoms with Gasteiger partial charge in [-0.3, -0.25) is 19.1 Å². The summed E-state index contributed by atoms with van der Waals surface area (Å²) >= 11 is 0. The van der Waals surface area contributed by atoms with Crippen molar-refractivity contribution in [1.82, 2.24) is 19.4 Å². The number of carboxylic acid groups (broad SMARTS) is 1. The number of amides is 1. The summed E-state index contributed by atoms with van der Waals surface area (Å²) in [4.78, 5) is 43.8. The largest absolute Gasteiger partial charge is 0.490 e. The number of carbonyl (C=O) groups excluding carboxylic acids is 1. The minimum absolute atomic E-state index is 0.183. The van der Waals surface area contributed by atoms with Gasteiger partial charge in [0.1, 0.15) is 22.8 Å². The molecule has 0 aliphatic heterocycles. The number of halogens is 5. The molecule has 3 aromatic heterocycles. The molecule has 244 valence electrons. The van der Waals surface area contributed by atoms with Crippen LogP contribution in [0.5, 0.6) is 5.75 Å². The van der Waals surface area contributed by atoms with Crippen LogP contribution in [0.25, 0.3) is 22.3 Å². The first kappa shape index (κ1) is 34.1. The van der Waals surface area contributed by atoms with Crippen molar-refractivity contribution in [3.05, 3.63) is 106 Å². The highest BCUT2D eigenvalue weighted by molar-refractivity contribution is 5.98. The zero-order chi connectivity index (χ0) is 34.5. The number of benzene rings is 1. The van der Waals surface area contributed by atoms with Gasteiger partial charge in [0.2, 0.25) is 0 Å². The van der Waals surface area contributed by atoms with E-state index in [-0.39, 0.29) is 23.3 Å². The molecular formula is C32H26F5N5O5. The van der Waals surface area contributed by atoms with Gasteiger partial charge in [-0.15, -0.1) is 0 Å². The van der Waals surface area contributed by atoms with E-state index in [0.717, 1.165) is 0 Å². The van der Waals surface area contributed by atoms with Crippen LogP contribution in [0.1, 0.15) is 27.9 Å². The van der Waals surface area contributed by atoms with E-state index in [2.05, 4.69) is 21.8 Å². The lowest BCUT2D eigenvalue weighted by Gasteiger charge is -2.28. The molecule has 1 unspecified atom stereocenters. The van der Waals surface area contributed by atoms with E-state index in [1.54, 1.807) is 18.3 Å². The molecule has 0 spiro atoms. The number of carbonyl (C=O) groups is 2. The molecule has 1 aliphatic carbocycles. The van der Waals surface area contributed by atoms with Gasteiger partial charge in [0.15, 0.2) is 0 Å². The first-order chi connectivity index (χ1) is 22.1. The number of nitrogens with two attached hydrogens (primary N) is 1. The van der Waals surface area contributed by atoms with Crippen molar-refractivity contribution in [3.8, 4) is 23.3 Å². The number of aliphatic carboxylic acids is 1. The number of hydrogen-bond donors (Lipinski definition) is 3. The summed E-state index contributed by atoms with van der Waals surface area (Å²) < 4.78 is 68.5. The second-order valence-electron chi connectivity index (χ2n) is 10.3. The number of carboxylic acids is 1. The Labute approximate surface area is 263 Å². The lowest BCUT2D eigenvalue weighted by Crippen LogP contribution is -2.33. The van der Waals surface area contributed by atoms with Crippen LogP contribution in [0.2, 0.25) is 0 Å². The van der Waals surface area contributed by atoms with E-state index >= 15 is 4.39 Å². The molecule has 47 heavy (non-hydrogen) atoms. The molecule has 4 aromatic rings. The van der Waals surface area contributed by atoms with Gasteiger partial charge in [-0.2, -0.15) is 17.6 Å². The molecule has 1 aromatic carbocycles. The quantitative estimate of drug-likeness (QED) is 0.204. The number of pyridine rings is 2.